The third-order valence-electron chi connectivity index (χ3n) is 2.99. The molecule has 25 heavy (non-hydrogen) atoms. The highest BCUT2D eigenvalue weighted by molar-refractivity contribution is 14.0. The lowest BCUT2D eigenvalue weighted by Gasteiger charge is -2.14. The van der Waals surface area contributed by atoms with Crippen LogP contribution in [0.3, 0.4) is 0 Å². The number of hydrogen-bond acceptors (Lipinski definition) is 5. The average molecular weight is 466 g/mol. The molecule has 0 aliphatic rings. The topological polar surface area (TPSA) is 93.2 Å². The highest BCUT2D eigenvalue weighted by Gasteiger charge is 2.08. The van der Waals surface area contributed by atoms with Crippen LogP contribution >= 0.6 is 24.0 Å². The fourth-order valence-corrected chi connectivity index (χ4v) is 1.85. The van der Waals surface area contributed by atoms with Crippen LogP contribution in [0, 0.1) is 0 Å². The Morgan fingerprint density at radius 2 is 1.96 bits per heavy atom. The number of hydrogen-bond donors (Lipinski definition) is 3. The summed E-state index contributed by atoms with van der Waals surface area (Å²) in [7, 11) is 4.80. The van der Waals surface area contributed by atoms with E-state index >= 15 is 0 Å². The van der Waals surface area contributed by atoms with E-state index in [0.717, 1.165) is 5.69 Å². The number of guanidine groups is 1. The predicted octanol–water partition coefficient (Wildman–Crippen LogP) is 1.46. The van der Waals surface area contributed by atoms with Crippen molar-refractivity contribution in [3.63, 3.8) is 0 Å². The van der Waals surface area contributed by atoms with Crippen molar-refractivity contribution in [2.24, 2.45) is 4.99 Å². The Balaban J connectivity index is 0.00000576. The minimum Gasteiger partial charge on any atom is -0.493 e. The number of nitrogens with zero attached hydrogens (tertiary/aromatic N) is 1. The SMILES string of the molecule is CCOc1ccc(NC(=NC)NCC(=O)NCCOC)cc1OC.I. The van der Waals surface area contributed by atoms with E-state index in [1.165, 1.54) is 0 Å². The molecule has 0 radical (unpaired) electrons. The van der Waals surface area contributed by atoms with Gasteiger partial charge in [0.1, 0.15) is 0 Å². The van der Waals surface area contributed by atoms with Gasteiger partial charge in [-0.3, -0.25) is 9.79 Å². The minimum absolute atomic E-state index is 0. The summed E-state index contributed by atoms with van der Waals surface area (Å²) in [6.07, 6.45) is 0. The minimum atomic E-state index is -0.140. The van der Waals surface area contributed by atoms with Crippen LogP contribution in [0.25, 0.3) is 0 Å². The van der Waals surface area contributed by atoms with Gasteiger partial charge < -0.3 is 30.2 Å². The summed E-state index contributed by atoms with van der Waals surface area (Å²) in [5.74, 6) is 1.63. The number of anilines is 1. The van der Waals surface area contributed by atoms with Crippen LogP contribution in [0.4, 0.5) is 5.69 Å². The van der Waals surface area contributed by atoms with Crippen molar-refractivity contribution in [1.29, 1.82) is 0 Å². The number of aliphatic imine (C=N–C) groups is 1. The first kappa shape index (κ1) is 23.2. The van der Waals surface area contributed by atoms with Crippen LogP contribution in [0.1, 0.15) is 6.92 Å². The summed E-state index contributed by atoms with van der Waals surface area (Å²) in [5, 5.41) is 8.75. The molecule has 1 aromatic carbocycles. The maximum atomic E-state index is 11.7. The smallest absolute Gasteiger partial charge is 0.239 e. The zero-order valence-electron chi connectivity index (χ0n) is 15.0. The van der Waals surface area contributed by atoms with E-state index in [4.69, 9.17) is 14.2 Å². The fraction of sp³-hybridized carbons (Fsp3) is 0.500. The maximum absolute atomic E-state index is 11.7. The predicted molar refractivity (Wildman–Crippen MR) is 109 cm³/mol. The second-order valence-electron chi connectivity index (χ2n) is 4.69. The molecule has 0 heterocycles. The Morgan fingerprint density at radius 3 is 2.56 bits per heavy atom. The molecular formula is C16H27IN4O4. The Labute approximate surface area is 165 Å². The molecule has 0 unspecified atom stereocenters. The Hall–Kier alpha value is -1.75. The van der Waals surface area contributed by atoms with Crippen LogP contribution < -0.4 is 25.4 Å². The first-order chi connectivity index (χ1) is 11.6. The van der Waals surface area contributed by atoms with Crippen LogP contribution in [0.15, 0.2) is 23.2 Å². The molecule has 0 saturated carbocycles. The number of methoxy groups -OCH3 is 2. The molecule has 8 nitrogen and oxygen atoms in total. The Bertz CT molecular complexity index is 555. The molecule has 3 N–H and O–H groups in total. The number of nitrogens with one attached hydrogen (secondary N) is 3. The summed E-state index contributed by atoms with van der Waals surface area (Å²) in [6, 6.07) is 5.46. The lowest BCUT2D eigenvalue weighted by Crippen LogP contribution is -2.40. The van der Waals surface area contributed by atoms with Gasteiger partial charge in [0.15, 0.2) is 17.5 Å². The monoisotopic (exact) mass is 466 g/mol. The van der Waals surface area contributed by atoms with Gasteiger partial charge in [-0.2, -0.15) is 0 Å². The van der Waals surface area contributed by atoms with E-state index in [0.29, 0.717) is 37.2 Å². The van der Waals surface area contributed by atoms with Gasteiger partial charge >= 0.3 is 0 Å². The quantitative estimate of drug-likeness (QED) is 0.221. The first-order valence-electron chi connectivity index (χ1n) is 7.68. The van der Waals surface area contributed by atoms with E-state index in [1.807, 2.05) is 19.1 Å². The van der Waals surface area contributed by atoms with Crippen LogP contribution in [0.5, 0.6) is 11.5 Å². The Morgan fingerprint density at radius 1 is 1.20 bits per heavy atom. The second kappa shape index (κ2) is 13.5. The molecular weight excluding hydrogens is 439 g/mol. The number of rotatable bonds is 9. The number of amides is 1. The molecule has 0 spiro atoms. The number of ether oxygens (including phenoxy) is 3. The zero-order valence-corrected chi connectivity index (χ0v) is 17.4. The summed E-state index contributed by atoms with van der Waals surface area (Å²) in [6.45, 7) is 3.53. The lowest BCUT2D eigenvalue weighted by atomic mass is 10.2. The normalized spacial score (nSPS) is 10.5. The average Bonchev–Trinajstić information content (AvgIpc) is 2.60. The largest absolute Gasteiger partial charge is 0.493 e. The maximum Gasteiger partial charge on any atom is 0.239 e. The van der Waals surface area contributed by atoms with Gasteiger partial charge in [-0.25, -0.2) is 0 Å². The standard InChI is InChI=1S/C16H26N4O4.HI/c1-5-24-13-7-6-12(10-14(13)23-4)20-16(17-2)19-11-15(21)18-8-9-22-3;/h6-7,10H,5,8-9,11H2,1-4H3,(H,18,21)(H2,17,19,20);1H. The van der Waals surface area contributed by atoms with Gasteiger partial charge in [0.2, 0.25) is 5.91 Å². The third-order valence-corrected chi connectivity index (χ3v) is 2.99. The molecule has 0 atom stereocenters. The molecule has 9 heteroatoms. The fourth-order valence-electron chi connectivity index (χ4n) is 1.85. The van der Waals surface area contributed by atoms with Crippen molar-refractivity contribution in [2.75, 3.05) is 52.9 Å². The van der Waals surface area contributed by atoms with Crippen molar-refractivity contribution < 1.29 is 19.0 Å². The summed E-state index contributed by atoms with van der Waals surface area (Å²) < 4.78 is 15.7. The summed E-state index contributed by atoms with van der Waals surface area (Å²) >= 11 is 0. The second-order valence-corrected chi connectivity index (χ2v) is 4.69. The van der Waals surface area contributed by atoms with E-state index in [9.17, 15) is 4.79 Å². The van der Waals surface area contributed by atoms with E-state index in [-0.39, 0.29) is 36.4 Å². The van der Waals surface area contributed by atoms with Crippen LogP contribution in [0.2, 0.25) is 0 Å². The Kier molecular flexibility index (Phi) is 12.6. The molecule has 0 aliphatic carbocycles. The van der Waals surface area contributed by atoms with Crippen LogP contribution in [-0.4, -0.2) is 59.4 Å². The van der Waals surface area contributed by atoms with Gasteiger partial charge in [-0.1, -0.05) is 0 Å². The van der Waals surface area contributed by atoms with Gasteiger partial charge in [-0.15, -0.1) is 24.0 Å². The molecule has 0 aliphatic heterocycles. The van der Waals surface area contributed by atoms with E-state index in [1.54, 1.807) is 27.3 Å². The molecule has 1 aromatic rings. The number of benzene rings is 1. The molecule has 0 fully saturated rings. The zero-order chi connectivity index (χ0) is 17.8. The molecule has 0 bridgehead atoms. The molecule has 142 valence electrons. The lowest BCUT2D eigenvalue weighted by molar-refractivity contribution is -0.120. The van der Waals surface area contributed by atoms with Crippen LogP contribution in [-0.2, 0) is 9.53 Å². The highest BCUT2D eigenvalue weighted by atomic mass is 127. The van der Waals surface area contributed by atoms with E-state index < -0.39 is 0 Å². The van der Waals surface area contributed by atoms with Gasteiger partial charge in [0, 0.05) is 32.5 Å². The van der Waals surface area contributed by atoms with Gasteiger partial charge in [0.25, 0.3) is 0 Å². The van der Waals surface area contributed by atoms with Gasteiger partial charge in [-0.05, 0) is 19.1 Å². The number of halogens is 1. The van der Waals surface area contributed by atoms with Crippen molar-refractivity contribution >= 4 is 41.5 Å². The third kappa shape index (κ3) is 8.77. The van der Waals surface area contributed by atoms with Crippen molar-refractivity contribution in [3.8, 4) is 11.5 Å². The van der Waals surface area contributed by atoms with Crippen molar-refractivity contribution in [1.82, 2.24) is 10.6 Å². The van der Waals surface area contributed by atoms with E-state index in [2.05, 4.69) is 20.9 Å². The molecule has 0 aromatic heterocycles. The summed E-state index contributed by atoms with van der Waals surface area (Å²) in [5.41, 5.74) is 0.767. The van der Waals surface area contributed by atoms with Gasteiger partial charge in [0.05, 0.1) is 26.9 Å². The van der Waals surface area contributed by atoms with Crippen molar-refractivity contribution in [3.05, 3.63) is 18.2 Å². The first-order valence-corrected chi connectivity index (χ1v) is 7.68. The molecule has 0 saturated heterocycles. The van der Waals surface area contributed by atoms with Crippen molar-refractivity contribution in [2.45, 2.75) is 6.92 Å². The molecule has 1 rings (SSSR count). The number of carbonyl (C=O) groups is 1. The summed E-state index contributed by atoms with van der Waals surface area (Å²) in [4.78, 5) is 15.7. The highest BCUT2D eigenvalue weighted by Crippen LogP contribution is 2.30. The number of carbonyl (C=O) groups excluding carboxylic acids is 1. The molecule has 1 amide bonds.